The lowest BCUT2D eigenvalue weighted by Gasteiger charge is -2.09. The van der Waals surface area contributed by atoms with E-state index in [0.717, 1.165) is 23.3 Å². The molecular formula is C24H23F3N2O5. The Hall–Kier alpha value is -3.82. The molecule has 0 fully saturated rings. The van der Waals surface area contributed by atoms with Gasteiger partial charge in [0.1, 0.15) is 24.7 Å². The number of benzene rings is 2. The Kier molecular flexibility index (Phi) is 7.93. The van der Waals surface area contributed by atoms with Gasteiger partial charge in [0.25, 0.3) is 0 Å². The van der Waals surface area contributed by atoms with Crippen molar-refractivity contribution in [3.8, 4) is 17.1 Å². The number of aromatic nitrogens is 1. The third kappa shape index (κ3) is 6.37. The minimum Gasteiger partial charge on any atom is -0.487 e. The topological polar surface area (TPSA) is 83.2 Å². The third-order valence-corrected chi connectivity index (χ3v) is 4.72. The molecule has 0 aliphatic rings. The normalized spacial score (nSPS) is 11.6. The minimum atomic E-state index is -4.45. The Balaban J connectivity index is 1.86. The van der Waals surface area contributed by atoms with Crippen molar-refractivity contribution in [3.05, 3.63) is 70.4 Å². The van der Waals surface area contributed by atoms with Crippen LogP contribution < -0.4 is 4.74 Å². The van der Waals surface area contributed by atoms with Gasteiger partial charge in [0.05, 0.1) is 30.9 Å². The summed E-state index contributed by atoms with van der Waals surface area (Å²) in [7, 11) is 1.32. The zero-order valence-electron chi connectivity index (χ0n) is 18.8. The number of hydrogen-bond donors (Lipinski definition) is 0. The number of methoxy groups -OCH3 is 1. The fourth-order valence-electron chi connectivity index (χ4n) is 3.15. The average Bonchev–Trinajstić information content (AvgIpc) is 3.19. The van der Waals surface area contributed by atoms with Gasteiger partial charge >= 0.3 is 12.1 Å². The predicted molar refractivity (Wildman–Crippen MR) is 117 cm³/mol. The van der Waals surface area contributed by atoms with Crippen LogP contribution in [0.2, 0.25) is 0 Å². The first-order valence-electron chi connectivity index (χ1n) is 10.3. The monoisotopic (exact) mass is 476 g/mol. The maximum atomic E-state index is 12.9. The quantitative estimate of drug-likeness (QED) is 0.236. The highest BCUT2D eigenvalue weighted by molar-refractivity contribution is 5.89. The Bertz CT molecular complexity index is 1150. The predicted octanol–water partition coefficient (Wildman–Crippen LogP) is 5.33. The summed E-state index contributed by atoms with van der Waals surface area (Å²) in [5.41, 5.74) is 2.02. The second-order valence-corrected chi connectivity index (χ2v) is 7.30. The molecule has 180 valence electrons. The van der Waals surface area contributed by atoms with Gasteiger partial charge < -0.3 is 18.8 Å². The van der Waals surface area contributed by atoms with Crippen molar-refractivity contribution in [2.24, 2.45) is 5.16 Å². The number of rotatable bonds is 9. The van der Waals surface area contributed by atoms with Crippen molar-refractivity contribution in [2.75, 3.05) is 13.7 Å². The molecule has 0 saturated carbocycles. The molecule has 0 spiro atoms. The van der Waals surface area contributed by atoms with Crippen molar-refractivity contribution >= 4 is 12.2 Å². The average molecular weight is 476 g/mol. The Morgan fingerprint density at radius 2 is 1.91 bits per heavy atom. The van der Waals surface area contributed by atoms with E-state index in [1.807, 2.05) is 13.0 Å². The summed E-state index contributed by atoms with van der Waals surface area (Å²) >= 11 is 0. The Labute approximate surface area is 194 Å². The van der Waals surface area contributed by atoms with Crippen LogP contribution in [0.5, 0.6) is 5.75 Å². The molecule has 0 N–H and O–H groups in total. The van der Waals surface area contributed by atoms with Gasteiger partial charge in [0.2, 0.25) is 0 Å². The van der Waals surface area contributed by atoms with Gasteiger partial charge in [0.15, 0.2) is 5.76 Å². The molecule has 1 heterocycles. The van der Waals surface area contributed by atoms with Gasteiger partial charge in [-0.1, -0.05) is 28.5 Å². The third-order valence-electron chi connectivity index (χ3n) is 4.72. The number of ether oxygens (including phenoxy) is 2. The lowest BCUT2D eigenvalue weighted by atomic mass is 10.1. The molecule has 34 heavy (non-hydrogen) atoms. The van der Waals surface area contributed by atoms with Crippen LogP contribution in [0.4, 0.5) is 13.2 Å². The second kappa shape index (κ2) is 10.9. The summed E-state index contributed by atoms with van der Waals surface area (Å²) in [6.45, 7) is 3.94. The van der Waals surface area contributed by atoms with Crippen molar-refractivity contribution < 1.29 is 36.8 Å². The molecule has 0 radical (unpaired) electrons. The van der Waals surface area contributed by atoms with Crippen molar-refractivity contribution in [1.29, 1.82) is 0 Å². The maximum absolute atomic E-state index is 12.9. The summed E-state index contributed by atoms with van der Waals surface area (Å²) < 4.78 is 54.7. The van der Waals surface area contributed by atoms with E-state index in [0.29, 0.717) is 29.2 Å². The van der Waals surface area contributed by atoms with Crippen LogP contribution in [0.15, 0.2) is 52.1 Å². The smallest absolute Gasteiger partial charge is 0.416 e. The molecule has 0 saturated heterocycles. The van der Waals surface area contributed by atoms with Crippen LogP contribution in [-0.2, 0) is 33.6 Å². The molecule has 1 aromatic heterocycles. The number of alkyl halides is 3. The van der Waals surface area contributed by atoms with E-state index in [4.69, 9.17) is 18.8 Å². The van der Waals surface area contributed by atoms with Gasteiger partial charge in [-0.15, -0.1) is 0 Å². The maximum Gasteiger partial charge on any atom is 0.416 e. The number of halogens is 3. The fourth-order valence-corrected chi connectivity index (χ4v) is 3.15. The van der Waals surface area contributed by atoms with E-state index < -0.39 is 11.7 Å². The first-order valence-corrected chi connectivity index (χ1v) is 10.3. The van der Waals surface area contributed by atoms with Crippen LogP contribution in [0.3, 0.4) is 0 Å². The van der Waals surface area contributed by atoms with Crippen molar-refractivity contribution in [1.82, 2.24) is 5.16 Å². The molecular weight excluding hydrogens is 453 g/mol. The van der Waals surface area contributed by atoms with E-state index in [2.05, 4.69) is 10.3 Å². The molecule has 3 aromatic rings. The highest BCUT2D eigenvalue weighted by Gasteiger charge is 2.30. The molecule has 0 aliphatic carbocycles. The Morgan fingerprint density at radius 1 is 1.18 bits per heavy atom. The number of nitrogens with zero attached hydrogens (tertiary/aromatic N) is 2. The van der Waals surface area contributed by atoms with Gasteiger partial charge in [-0.05, 0) is 49.2 Å². The second-order valence-electron chi connectivity index (χ2n) is 7.30. The van der Waals surface area contributed by atoms with Crippen molar-refractivity contribution in [2.45, 2.75) is 33.1 Å². The first kappa shape index (κ1) is 24.8. The van der Waals surface area contributed by atoms with Crippen LogP contribution in [0.1, 0.15) is 34.9 Å². The summed E-state index contributed by atoms with van der Waals surface area (Å²) in [6, 6.07) is 9.89. The van der Waals surface area contributed by atoms with E-state index in [9.17, 15) is 18.0 Å². The molecule has 3 rings (SSSR count). The summed E-state index contributed by atoms with van der Waals surface area (Å²) in [5.74, 6) is 0.362. The summed E-state index contributed by atoms with van der Waals surface area (Å²) in [5, 5.41) is 7.87. The molecule has 0 atom stereocenters. The lowest BCUT2D eigenvalue weighted by Crippen LogP contribution is -2.05. The van der Waals surface area contributed by atoms with Crippen LogP contribution in [0, 0.1) is 6.92 Å². The largest absolute Gasteiger partial charge is 0.487 e. The standard InChI is InChI=1S/C24H23F3N2O5/c1-4-33-28-13-20-21(14-32-19-10-15(2)9-16(11-19)12-22(30)31-3)29-34-23(20)17-5-7-18(8-6-17)24(25,26)27/h5-11,13H,4,12,14H2,1-3H3/b28-13+. The van der Waals surface area contributed by atoms with E-state index in [1.54, 1.807) is 19.1 Å². The van der Waals surface area contributed by atoms with E-state index in [-0.39, 0.29) is 24.8 Å². The van der Waals surface area contributed by atoms with Crippen LogP contribution in [0.25, 0.3) is 11.3 Å². The number of hydrogen-bond acceptors (Lipinski definition) is 7. The van der Waals surface area contributed by atoms with E-state index in [1.165, 1.54) is 25.5 Å². The molecule has 0 bridgehead atoms. The minimum absolute atomic E-state index is 0.0151. The summed E-state index contributed by atoms with van der Waals surface area (Å²) in [4.78, 5) is 16.6. The highest BCUT2D eigenvalue weighted by Crippen LogP contribution is 2.32. The SMILES string of the molecule is CCO/N=C/c1c(COc2cc(C)cc(CC(=O)OC)c2)noc1-c1ccc(C(F)(F)F)cc1. The first-order chi connectivity index (χ1) is 16.2. The lowest BCUT2D eigenvalue weighted by molar-refractivity contribution is -0.140. The van der Waals surface area contributed by atoms with E-state index >= 15 is 0 Å². The molecule has 0 unspecified atom stereocenters. The zero-order chi connectivity index (χ0) is 24.7. The van der Waals surface area contributed by atoms with Crippen molar-refractivity contribution in [3.63, 3.8) is 0 Å². The highest BCUT2D eigenvalue weighted by atomic mass is 19.4. The number of carbonyl (C=O) groups excluding carboxylic acids is 1. The molecule has 7 nitrogen and oxygen atoms in total. The summed E-state index contributed by atoms with van der Waals surface area (Å²) in [6.07, 6.45) is -2.97. The number of esters is 1. The van der Waals surface area contributed by atoms with Gasteiger partial charge in [-0.2, -0.15) is 13.2 Å². The van der Waals surface area contributed by atoms with Crippen LogP contribution >= 0.6 is 0 Å². The molecule has 10 heteroatoms. The number of carbonyl (C=O) groups is 1. The molecule has 2 aromatic carbocycles. The molecule has 0 amide bonds. The van der Waals surface area contributed by atoms with Gasteiger partial charge in [-0.3, -0.25) is 4.79 Å². The number of oxime groups is 1. The fraction of sp³-hybridized carbons (Fsp3) is 0.292. The Morgan fingerprint density at radius 3 is 2.56 bits per heavy atom. The van der Waals surface area contributed by atoms with Crippen LogP contribution in [-0.4, -0.2) is 31.1 Å². The molecule has 0 aliphatic heterocycles. The van der Waals surface area contributed by atoms with Gasteiger partial charge in [0, 0.05) is 5.56 Å². The van der Waals surface area contributed by atoms with Gasteiger partial charge in [-0.25, -0.2) is 0 Å². The number of aryl methyl sites for hydroxylation is 1. The zero-order valence-corrected chi connectivity index (χ0v) is 18.8.